The summed E-state index contributed by atoms with van der Waals surface area (Å²) in [4.78, 5) is 31.5. The van der Waals surface area contributed by atoms with E-state index >= 15 is 0 Å². The first kappa shape index (κ1) is 33.7. The molecule has 0 fully saturated rings. The molecule has 0 saturated heterocycles. The summed E-state index contributed by atoms with van der Waals surface area (Å²) in [5.41, 5.74) is 3.69. The van der Waals surface area contributed by atoms with Gasteiger partial charge in [0.2, 0.25) is 5.91 Å². The van der Waals surface area contributed by atoms with Crippen LogP contribution in [0.5, 0.6) is 5.75 Å². The van der Waals surface area contributed by atoms with E-state index in [4.69, 9.17) is 30.5 Å². The molecular weight excluding hydrogens is 570 g/mol. The van der Waals surface area contributed by atoms with Crippen LogP contribution in [0.1, 0.15) is 39.7 Å². The van der Waals surface area contributed by atoms with E-state index in [1.165, 1.54) is 6.20 Å². The molecule has 0 spiro atoms. The number of amides is 2. The third-order valence-corrected chi connectivity index (χ3v) is 6.67. The number of halogens is 1. The van der Waals surface area contributed by atoms with Crippen molar-refractivity contribution >= 4 is 35.6 Å². The fraction of sp³-hybridized carbons (Fsp3) is 0.364. The van der Waals surface area contributed by atoms with Gasteiger partial charge in [0.1, 0.15) is 11.4 Å². The second kappa shape index (κ2) is 18.7. The lowest BCUT2D eigenvalue weighted by molar-refractivity contribution is -0.129. The Morgan fingerprint density at radius 2 is 1.63 bits per heavy atom. The number of benzene rings is 2. The summed E-state index contributed by atoms with van der Waals surface area (Å²) in [5, 5.41) is 3.57. The molecular formula is C33H40ClN3O6. The van der Waals surface area contributed by atoms with E-state index in [9.17, 15) is 9.59 Å². The van der Waals surface area contributed by atoms with Crippen LogP contribution in [-0.4, -0.2) is 82.0 Å². The van der Waals surface area contributed by atoms with E-state index in [-0.39, 0.29) is 23.9 Å². The molecule has 230 valence electrons. The number of methoxy groups -OCH3 is 1. The van der Waals surface area contributed by atoms with Crippen molar-refractivity contribution in [2.45, 2.75) is 19.9 Å². The van der Waals surface area contributed by atoms with Crippen LogP contribution < -0.4 is 10.1 Å². The highest BCUT2D eigenvalue weighted by Gasteiger charge is 2.13. The van der Waals surface area contributed by atoms with Gasteiger partial charge in [-0.1, -0.05) is 60.2 Å². The van der Waals surface area contributed by atoms with Crippen molar-refractivity contribution in [2.24, 2.45) is 0 Å². The maximum atomic E-state index is 12.9. The molecule has 0 unspecified atom stereocenters. The number of ether oxygens (including phenoxy) is 4. The van der Waals surface area contributed by atoms with Gasteiger partial charge < -0.3 is 29.2 Å². The monoisotopic (exact) mass is 609 g/mol. The molecule has 0 bridgehead atoms. The summed E-state index contributed by atoms with van der Waals surface area (Å²) >= 11 is 5.97. The highest BCUT2D eigenvalue weighted by Crippen LogP contribution is 2.21. The second-order valence-electron chi connectivity index (χ2n) is 9.61. The van der Waals surface area contributed by atoms with Crippen LogP contribution in [-0.2, 0) is 32.0 Å². The normalized spacial score (nSPS) is 11.1. The number of nitrogens with one attached hydrogen (secondary N) is 1. The van der Waals surface area contributed by atoms with E-state index in [0.717, 1.165) is 22.3 Å². The van der Waals surface area contributed by atoms with Crippen molar-refractivity contribution in [1.82, 2.24) is 15.2 Å². The number of nitrogens with zero attached hydrogens (tertiary/aromatic N) is 2. The fourth-order valence-electron chi connectivity index (χ4n) is 3.99. The summed E-state index contributed by atoms with van der Waals surface area (Å²) in [5.74, 6) is 0.224. The fourth-order valence-corrected chi connectivity index (χ4v) is 4.11. The molecule has 0 radical (unpaired) electrons. The van der Waals surface area contributed by atoms with Crippen LogP contribution in [0.2, 0.25) is 5.02 Å². The molecule has 0 aliphatic carbocycles. The zero-order valence-corrected chi connectivity index (χ0v) is 25.8. The van der Waals surface area contributed by atoms with Crippen LogP contribution in [0.25, 0.3) is 12.2 Å². The Morgan fingerprint density at radius 1 is 0.930 bits per heavy atom. The number of likely N-dealkylation sites (N-methyl/N-ethyl adjacent to an activating group) is 1. The average molecular weight is 610 g/mol. The van der Waals surface area contributed by atoms with Crippen LogP contribution in [0.4, 0.5) is 0 Å². The smallest absolute Gasteiger partial charge is 0.270 e. The van der Waals surface area contributed by atoms with Gasteiger partial charge in [-0.15, -0.1) is 0 Å². The van der Waals surface area contributed by atoms with Crippen molar-refractivity contribution in [2.75, 3.05) is 60.3 Å². The van der Waals surface area contributed by atoms with E-state index in [0.29, 0.717) is 63.5 Å². The van der Waals surface area contributed by atoms with Crippen molar-refractivity contribution in [3.63, 3.8) is 0 Å². The molecule has 3 rings (SSSR count). The highest BCUT2D eigenvalue weighted by atomic mass is 35.5. The van der Waals surface area contributed by atoms with Crippen molar-refractivity contribution < 1.29 is 28.5 Å². The topological polar surface area (TPSA) is 99.2 Å². The van der Waals surface area contributed by atoms with E-state index < -0.39 is 0 Å². The van der Waals surface area contributed by atoms with Gasteiger partial charge >= 0.3 is 0 Å². The van der Waals surface area contributed by atoms with Gasteiger partial charge in [0.15, 0.2) is 0 Å². The highest BCUT2D eigenvalue weighted by molar-refractivity contribution is 6.30. The van der Waals surface area contributed by atoms with Crippen molar-refractivity contribution in [3.8, 4) is 5.75 Å². The standard InChI is InChI=1S/C33H40ClN3O6/c1-4-41-16-17-43-19-18-42-15-14-37(2)32(38)21-26-6-5-7-27(20-26)23-36-33(39)30-22-28(31(40-3)24-35-30)11-8-25-9-12-29(34)13-10-25/h5-13,20,22,24H,4,14-19,21,23H2,1-3H3,(H,36,39)/b11-8+. The Balaban J connectivity index is 1.47. The lowest BCUT2D eigenvalue weighted by Gasteiger charge is -2.17. The van der Waals surface area contributed by atoms with Crippen LogP contribution in [0.15, 0.2) is 60.8 Å². The number of carbonyl (C=O) groups excluding carboxylic acids is 2. The molecule has 1 N–H and O–H groups in total. The average Bonchev–Trinajstić information content (AvgIpc) is 3.02. The summed E-state index contributed by atoms with van der Waals surface area (Å²) in [6.07, 6.45) is 5.56. The Kier molecular flexibility index (Phi) is 14.7. The summed E-state index contributed by atoms with van der Waals surface area (Å²) < 4.78 is 21.6. The minimum atomic E-state index is -0.315. The molecule has 1 heterocycles. The van der Waals surface area contributed by atoms with Gasteiger partial charge in [0.25, 0.3) is 5.91 Å². The minimum Gasteiger partial charge on any atom is -0.495 e. The minimum absolute atomic E-state index is 0.0145. The Labute approximate surface area is 258 Å². The molecule has 1 aromatic heterocycles. The van der Waals surface area contributed by atoms with Gasteiger partial charge in [0.05, 0.1) is 52.8 Å². The first-order valence-electron chi connectivity index (χ1n) is 14.2. The van der Waals surface area contributed by atoms with Crippen molar-refractivity contribution in [1.29, 1.82) is 0 Å². The first-order valence-corrected chi connectivity index (χ1v) is 14.6. The number of carbonyl (C=O) groups is 2. The zero-order valence-electron chi connectivity index (χ0n) is 25.0. The molecule has 0 aliphatic heterocycles. The largest absolute Gasteiger partial charge is 0.495 e. The predicted octanol–water partition coefficient (Wildman–Crippen LogP) is 4.91. The van der Waals surface area contributed by atoms with Gasteiger partial charge in [-0.05, 0) is 41.8 Å². The molecule has 2 amide bonds. The SMILES string of the molecule is CCOCCOCCOCCN(C)C(=O)Cc1cccc(CNC(=O)c2cc(/C=C/c3ccc(Cl)cc3)c(OC)cn2)c1. The number of rotatable bonds is 18. The molecule has 10 heteroatoms. The zero-order chi connectivity index (χ0) is 30.9. The Hall–Kier alpha value is -3.76. The molecule has 2 aromatic carbocycles. The predicted molar refractivity (Wildman–Crippen MR) is 168 cm³/mol. The van der Waals surface area contributed by atoms with Crippen LogP contribution in [0.3, 0.4) is 0 Å². The van der Waals surface area contributed by atoms with Crippen LogP contribution in [0, 0.1) is 0 Å². The Bertz CT molecular complexity index is 1330. The summed E-state index contributed by atoms with van der Waals surface area (Å²) in [7, 11) is 3.32. The van der Waals surface area contributed by atoms with Crippen LogP contribution >= 0.6 is 11.6 Å². The molecule has 9 nitrogen and oxygen atoms in total. The maximum absolute atomic E-state index is 12.9. The Morgan fingerprint density at radius 3 is 2.35 bits per heavy atom. The molecule has 0 saturated carbocycles. The number of hydrogen-bond acceptors (Lipinski definition) is 7. The van der Waals surface area contributed by atoms with Gasteiger partial charge in [-0.3, -0.25) is 9.59 Å². The first-order chi connectivity index (χ1) is 20.9. The maximum Gasteiger partial charge on any atom is 0.270 e. The van der Waals surface area contributed by atoms with E-state index in [2.05, 4.69) is 10.3 Å². The summed E-state index contributed by atoms with van der Waals surface area (Å²) in [6.45, 7) is 5.91. The molecule has 0 aliphatic rings. The summed E-state index contributed by atoms with van der Waals surface area (Å²) in [6, 6.07) is 16.7. The van der Waals surface area contributed by atoms with Gasteiger partial charge in [0, 0.05) is 37.3 Å². The second-order valence-corrected chi connectivity index (χ2v) is 10.0. The van der Waals surface area contributed by atoms with Gasteiger partial charge in [-0.25, -0.2) is 4.98 Å². The third kappa shape index (κ3) is 12.2. The van der Waals surface area contributed by atoms with E-state index in [1.54, 1.807) is 25.1 Å². The molecule has 43 heavy (non-hydrogen) atoms. The lowest BCUT2D eigenvalue weighted by atomic mass is 10.1. The quantitative estimate of drug-likeness (QED) is 0.205. The lowest BCUT2D eigenvalue weighted by Crippen LogP contribution is -2.31. The van der Waals surface area contributed by atoms with Gasteiger partial charge in [-0.2, -0.15) is 0 Å². The number of aromatic nitrogens is 1. The molecule has 3 aromatic rings. The number of pyridine rings is 1. The molecule has 0 atom stereocenters. The number of hydrogen-bond donors (Lipinski definition) is 1. The van der Waals surface area contributed by atoms with Crippen molar-refractivity contribution in [3.05, 3.63) is 93.8 Å². The van der Waals surface area contributed by atoms with E-state index in [1.807, 2.05) is 67.6 Å². The third-order valence-electron chi connectivity index (χ3n) is 6.42.